The van der Waals surface area contributed by atoms with Crippen molar-refractivity contribution in [2.75, 3.05) is 26.2 Å². The first-order chi connectivity index (χ1) is 14.3. The lowest BCUT2D eigenvalue weighted by Crippen LogP contribution is -2.39. The van der Waals surface area contributed by atoms with Crippen molar-refractivity contribution in [3.8, 4) is 0 Å². The molecule has 2 aromatic carbocycles. The standard InChI is InChI=1S/C26H31NO2/c1-2-29-26(28)22-11-7-17-27(19-22)18-8-14-25-23-12-5-3-9-20(23)15-16-21-10-4-6-13-24(21)25/h3-6,9-10,12-14,22H,2,7-8,11,15-19H2,1H3/i26+2. The second-order valence-corrected chi connectivity index (χ2v) is 8.11. The Morgan fingerprint density at radius 3 is 2.38 bits per heavy atom. The van der Waals surface area contributed by atoms with E-state index in [1.807, 2.05) is 6.92 Å². The lowest BCUT2D eigenvalue weighted by Gasteiger charge is -2.31. The highest BCUT2D eigenvalue weighted by atomic mass is 16.8. The lowest BCUT2D eigenvalue weighted by atomic mass is 9.93. The highest BCUT2D eigenvalue weighted by Gasteiger charge is 2.26. The van der Waals surface area contributed by atoms with Crippen LogP contribution in [0, 0.1) is 5.92 Å². The molecular weight excluding hydrogens is 360 g/mol. The molecule has 0 saturated carbocycles. The predicted octanol–water partition coefficient (Wildman–Crippen LogP) is 4.88. The van der Waals surface area contributed by atoms with Gasteiger partial charge in [0, 0.05) is 13.1 Å². The van der Waals surface area contributed by atoms with Crippen molar-refractivity contribution in [1.29, 1.82) is 0 Å². The first-order valence-corrected chi connectivity index (χ1v) is 11.0. The molecule has 3 heteroatoms. The Kier molecular flexibility index (Phi) is 6.46. The summed E-state index contributed by atoms with van der Waals surface area (Å²) in [5.74, 6) is 0.0119. The minimum absolute atomic E-state index is 0.0258. The number of hydrogen-bond acceptors (Lipinski definition) is 3. The maximum atomic E-state index is 12.1. The molecule has 0 spiro atoms. The van der Waals surface area contributed by atoms with Crippen molar-refractivity contribution in [3.05, 3.63) is 76.9 Å². The summed E-state index contributed by atoms with van der Waals surface area (Å²) in [6.07, 6.45) is 7.63. The van der Waals surface area contributed by atoms with Gasteiger partial charge in [-0.25, -0.2) is 0 Å². The van der Waals surface area contributed by atoms with Crippen LogP contribution in [0.15, 0.2) is 54.6 Å². The summed E-state index contributed by atoms with van der Waals surface area (Å²) >= 11 is 0. The Hall–Kier alpha value is -2.39. The van der Waals surface area contributed by atoms with E-state index < -0.39 is 0 Å². The van der Waals surface area contributed by atoms with Gasteiger partial charge in [-0.3, -0.25) is 4.79 Å². The van der Waals surface area contributed by atoms with E-state index in [1.165, 1.54) is 27.8 Å². The number of carbonyl (C=O) groups excluding carboxylic acids is 1. The maximum absolute atomic E-state index is 12.1. The fraction of sp³-hybridized carbons (Fsp3) is 0.423. The molecule has 0 N–H and O–H groups in total. The van der Waals surface area contributed by atoms with Gasteiger partial charge in [0.05, 0.1) is 12.5 Å². The normalized spacial score (nSPS) is 19.1. The topological polar surface area (TPSA) is 29.5 Å². The van der Waals surface area contributed by atoms with Crippen LogP contribution >= 0.6 is 0 Å². The summed E-state index contributed by atoms with van der Waals surface area (Å²) in [7, 11) is 0. The molecule has 29 heavy (non-hydrogen) atoms. The van der Waals surface area contributed by atoms with Crippen molar-refractivity contribution in [2.24, 2.45) is 5.92 Å². The SMILES string of the molecule is CCO[14C](=O)C1CCCN(CCC=C2c3ccccc3CCc3ccccc32)C1. The summed E-state index contributed by atoms with van der Waals surface area (Å²) in [5, 5.41) is 0. The zero-order chi connectivity index (χ0) is 20.1. The van der Waals surface area contributed by atoms with Crippen LogP contribution in [0.25, 0.3) is 5.57 Å². The van der Waals surface area contributed by atoms with E-state index in [0.717, 1.165) is 51.7 Å². The maximum Gasteiger partial charge on any atom is 0.310 e. The third-order valence-corrected chi connectivity index (χ3v) is 6.20. The lowest BCUT2D eigenvalue weighted by molar-refractivity contribution is -0.149. The van der Waals surface area contributed by atoms with Gasteiger partial charge in [0.1, 0.15) is 0 Å². The zero-order valence-electron chi connectivity index (χ0n) is 17.4. The summed E-state index contributed by atoms with van der Waals surface area (Å²) in [6, 6.07) is 17.7. The molecule has 0 radical (unpaired) electrons. The average Bonchev–Trinajstić information content (AvgIpc) is 2.92. The molecule has 1 fully saturated rings. The average molecular weight is 392 g/mol. The van der Waals surface area contributed by atoms with Gasteiger partial charge < -0.3 is 9.64 Å². The Morgan fingerprint density at radius 1 is 1.07 bits per heavy atom. The molecule has 2 aromatic rings. The molecule has 1 saturated heterocycles. The molecule has 3 nitrogen and oxygen atoms in total. The monoisotopic (exact) mass is 391 g/mol. The van der Waals surface area contributed by atoms with Crippen molar-refractivity contribution < 1.29 is 9.53 Å². The number of rotatable bonds is 5. The van der Waals surface area contributed by atoms with Crippen LogP contribution in [0.3, 0.4) is 0 Å². The number of carbonyl (C=O) groups is 1. The predicted molar refractivity (Wildman–Crippen MR) is 118 cm³/mol. The van der Waals surface area contributed by atoms with E-state index in [0.29, 0.717) is 6.61 Å². The Morgan fingerprint density at radius 2 is 1.72 bits per heavy atom. The largest absolute Gasteiger partial charge is 0.466 e. The van der Waals surface area contributed by atoms with Gasteiger partial charge in [-0.15, -0.1) is 0 Å². The van der Waals surface area contributed by atoms with Crippen molar-refractivity contribution in [3.63, 3.8) is 0 Å². The van der Waals surface area contributed by atoms with Gasteiger partial charge in [0.15, 0.2) is 0 Å². The summed E-state index contributed by atoms with van der Waals surface area (Å²) < 4.78 is 5.24. The number of likely N-dealkylation sites (tertiary alicyclic amines) is 1. The second-order valence-electron chi connectivity index (χ2n) is 8.11. The molecule has 1 heterocycles. The van der Waals surface area contributed by atoms with Crippen LogP contribution in [-0.2, 0) is 22.4 Å². The minimum Gasteiger partial charge on any atom is -0.466 e. The van der Waals surface area contributed by atoms with Gasteiger partial charge in [-0.2, -0.15) is 0 Å². The van der Waals surface area contributed by atoms with E-state index in [2.05, 4.69) is 59.5 Å². The van der Waals surface area contributed by atoms with E-state index >= 15 is 0 Å². The van der Waals surface area contributed by atoms with Crippen LogP contribution in [0.1, 0.15) is 48.4 Å². The van der Waals surface area contributed by atoms with E-state index in [1.54, 1.807) is 0 Å². The van der Waals surface area contributed by atoms with E-state index in [4.69, 9.17) is 4.74 Å². The Labute approximate surface area is 174 Å². The number of piperidine rings is 1. The highest BCUT2D eigenvalue weighted by molar-refractivity contribution is 5.83. The first-order valence-electron chi connectivity index (χ1n) is 11.0. The Bertz CT molecular complexity index is 836. The molecule has 4 rings (SSSR count). The third-order valence-electron chi connectivity index (χ3n) is 6.20. The molecule has 2 aliphatic rings. The zero-order valence-corrected chi connectivity index (χ0v) is 17.4. The number of hydrogen-bond donors (Lipinski definition) is 0. The molecule has 152 valence electrons. The molecule has 1 unspecified atom stereocenters. The van der Waals surface area contributed by atoms with Gasteiger partial charge in [-0.1, -0.05) is 54.6 Å². The number of fused-ring (bicyclic) bond motifs is 2. The minimum atomic E-state index is -0.0258. The van der Waals surface area contributed by atoms with Gasteiger partial charge in [0.25, 0.3) is 0 Å². The Balaban J connectivity index is 1.50. The molecule has 1 aliphatic carbocycles. The van der Waals surface area contributed by atoms with Crippen molar-refractivity contribution >= 4 is 11.5 Å². The number of esters is 1. The molecule has 1 atom stereocenters. The van der Waals surface area contributed by atoms with Crippen LogP contribution in [-0.4, -0.2) is 37.1 Å². The van der Waals surface area contributed by atoms with Crippen LogP contribution in [0.4, 0.5) is 0 Å². The highest BCUT2D eigenvalue weighted by Crippen LogP contribution is 2.33. The molecular formula is C26H31NO2. The van der Waals surface area contributed by atoms with Gasteiger partial charge >= 0.3 is 5.97 Å². The van der Waals surface area contributed by atoms with Gasteiger partial charge in [-0.05, 0) is 73.4 Å². The molecule has 0 aromatic heterocycles. The van der Waals surface area contributed by atoms with Gasteiger partial charge in [0.2, 0.25) is 0 Å². The first kappa shape index (κ1) is 19.9. The summed E-state index contributed by atoms with van der Waals surface area (Å²) in [5.41, 5.74) is 7.00. The van der Waals surface area contributed by atoms with E-state index in [-0.39, 0.29) is 11.9 Å². The number of aryl methyl sites for hydroxylation is 2. The smallest absolute Gasteiger partial charge is 0.310 e. The third kappa shape index (κ3) is 4.62. The molecule has 0 bridgehead atoms. The van der Waals surface area contributed by atoms with Crippen molar-refractivity contribution in [1.82, 2.24) is 4.90 Å². The molecule has 1 aliphatic heterocycles. The number of ether oxygens (including phenoxy) is 1. The second kappa shape index (κ2) is 9.41. The fourth-order valence-electron chi connectivity index (χ4n) is 4.74. The summed E-state index contributed by atoms with van der Waals surface area (Å²) in [6.45, 7) is 5.25. The van der Waals surface area contributed by atoms with E-state index in [9.17, 15) is 4.79 Å². The summed E-state index contributed by atoms with van der Waals surface area (Å²) in [4.78, 5) is 14.5. The van der Waals surface area contributed by atoms with Crippen LogP contribution in [0.5, 0.6) is 0 Å². The number of nitrogens with zero attached hydrogens (tertiary/aromatic N) is 1. The van der Waals surface area contributed by atoms with Crippen molar-refractivity contribution in [2.45, 2.75) is 39.0 Å². The molecule has 0 amide bonds. The fourth-order valence-corrected chi connectivity index (χ4v) is 4.74. The van der Waals surface area contributed by atoms with Crippen LogP contribution in [0.2, 0.25) is 0 Å². The number of benzene rings is 2. The quantitative estimate of drug-likeness (QED) is 0.680. The van der Waals surface area contributed by atoms with Crippen LogP contribution < -0.4 is 0 Å².